The molecule has 0 atom stereocenters. The van der Waals surface area contributed by atoms with Crippen LogP contribution >= 0.6 is 0 Å². The molecule has 0 saturated carbocycles. The van der Waals surface area contributed by atoms with Crippen molar-refractivity contribution in [2.45, 2.75) is 53.9 Å². The number of allylic oxidation sites excluding steroid dienone is 6. The molecule has 0 amide bonds. The Morgan fingerprint density at radius 3 is 2.57 bits per heavy atom. The molecule has 0 aromatic carbocycles. The van der Waals surface area contributed by atoms with Crippen LogP contribution in [0.3, 0.4) is 0 Å². The maximum atomic E-state index is 13.5. The van der Waals surface area contributed by atoms with Crippen LogP contribution in [0, 0.1) is 5.92 Å². The second kappa shape index (κ2) is 8.86. The minimum Gasteiger partial charge on any atom is -0.371 e. The first-order valence-corrected chi connectivity index (χ1v) is 8.15. The highest BCUT2D eigenvalue weighted by Gasteiger charge is 2.19. The summed E-state index contributed by atoms with van der Waals surface area (Å²) in [6.45, 7) is 12.9. The zero-order valence-corrected chi connectivity index (χ0v) is 14.2. The van der Waals surface area contributed by atoms with E-state index in [1.807, 2.05) is 19.1 Å². The smallest absolute Gasteiger partial charge is 0.122 e. The van der Waals surface area contributed by atoms with Crippen LogP contribution < -0.4 is 0 Å². The van der Waals surface area contributed by atoms with Crippen LogP contribution in [0.4, 0.5) is 4.39 Å². The molecule has 0 fully saturated rings. The Morgan fingerprint density at radius 1 is 1.29 bits per heavy atom. The van der Waals surface area contributed by atoms with Gasteiger partial charge >= 0.3 is 0 Å². The zero-order valence-electron chi connectivity index (χ0n) is 14.2. The fraction of sp³-hybridized carbons (Fsp3) is 0.579. The molecule has 0 aliphatic carbocycles. The van der Waals surface area contributed by atoms with Crippen LogP contribution in [-0.2, 0) is 0 Å². The molecule has 0 saturated heterocycles. The molecule has 0 bridgehead atoms. The Kier molecular flexibility index (Phi) is 7.49. The van der Waals surface area contributed by atoms with Crippen LogP contribution in [0.25, 0.3) is 0 Å². The van der Waals surface area contributed by atoms with Crippen molar-refractivity contribution in [3.63, 3.8) is 0 Å². The minimum atomic E-state index is -0.179. The Morgan fingerprint density at radius 2 is 2.00 bits per heavy atom. The Bertz CT molecular complexity index is 452. The van der Waals surface area contributed by atoms with E-state index in [-0.39, 0.29) is 5.83 Å². The summed E-state index contributed by atoms with van der Waals surface area (Å²) in [4.78, 5) is 2.36. The molecular formula is C19H30FN. The molecule has 0 unspecified atom stereocenters. The summed E-state index contributed by atoms with van der Waals surface area (Å²) in [7, 11) is 0. The van der Waals surface area contributed by atoms with Gasteiger partial charge in [0.25, 0.3) is 0 Å². The zero-order chi connectivity index (χ0) is 15.8. The lowest BCUT2D eigenvalue weighted by Crippen LogP contribution is -2.31. The molecule has 1 aliphatic heterocycles. The van der Waals surface area contributed by atoms with Crippen LogP contribution in [0.2, 0.25) is 0 Å². The molecule has 0 aromatic heterocycles. The fourth-order valence-electron chi connectivity index (χ4n) is 2.71. The first-order chi connectivity index (χ1) is 9.99. The molecular weight excluding hydrogens is 261 g/mol. The van der Waals surface area contributed by atoms with Crippen molar-refractivity contribution in [2.75, 3.05) is 13.1 Å². The van der Waals surface area contributed by atoms with Crippen LogP contribution in [0.1, 0.15) is 53.9 Å². The average Bonchev–Trinajstić information content (AvgIpc) is 2.49. The van der Waals surface area contributed by atoms with Gasteiger partial charge in [0.05, 0.1) is 0 Å². The third-order valence-corrected chi connectivity index (χ3v) is 4.12. The SMILES string of the molecule is CC/C=C/C(F)=C\C=C(/C)N1CCC(CC)=C(C(C)C)C1. The first-order valence-electron chi connectivity index (χ1n) is 8.15. The molecule has 0 spiro atoms. The summed E-state index contributed by atoms with van der Waals surface area (Å²) in [5.41, 5.74) is 4.32. The number of hydrogen-bond acceptors (Lipinski definition) is 1. The van der Waals surface area contributed by atoms with Gasteiger partial charge in [0.1, 0.15) is 5.83 Å². The molecule has 21 heavy (non-hydrogen) atoms. The van der Waals surface area contributed by atoms with Gasteiger partial charge in [-0.15, -0.1) is 0 Å². The van der Waals surface area contributed by atoms with Gasteiger partial charge in [0, 0.05) is 18.8 Å². The van der Waals surface area contributed by atoms with Gasteiger partial charge in [-0.3, -0.25) is 0 Å². The monoisotopic (exact) mass is 291 g/mol. The lowest BCUT2D eigenvalue weighted by molar-refractivity contribution is 0.341. The molecule has 2 heteroatoms. The quantitative estimate of drug-likeness (QED) is 0.443. The van der Waals surface area contributed by atoms with Crippen molar-refractivity contribution in [3.8, 4) is 0 Å². The number of halogens is 1. The van der Waals surface area contributed by atoms with Gasteiger partial charge < -0.3 is 4.90 Å². The summed E-state index contributed by atoms with van der Waals surface area (Å²) >= 11 is 0. The molecule has 118 valence electrons. The number of hydrogen-bond donors (Lipinski definition) is 0. The van der Waals surface area contributed by atoms with Crippen molar-refractivity contribution in [3.05, 3.63) is 47.0 Å². The standard InChI is InChI=1S/C19H30FN/c1-6-8-9-18(20)11-10-16(5)21-13-12-17(7-2)19(14-21)15(3)4/h8-11,15H,6-7,12-14H2,1-5H3/b9-8+,16-10+,18-11+. The van der Waals surface area contributed by atoms with Gasteiger partial charge in [-0.25, -0.2) is 4.39 Å². The molecule has 1 rings (SSSR count). The predicted octanol–water partition coefficient (Wildman–Crippen LogP) is 5.78. The van der Waals surface area contributed by atoms with E-state index in [0.29, 0.717) is 5.92 Å². The summed E-state index contributed by atoms with van der Waals surface area (Å²) in [6.07, 6.45) is 9.98. The molecule has 1 heterocycles. The molecule has 0 aromatic rings. The second-order valence-corrected chi connectivity index (χ2v) is 5.98. The maximum absolute atomic E-state index is 13.5. The molecule has 0 radical (unpaired) electrons. The van der Waals surface area contributed by atoms with Crippen LogP contribution in [0.5, 0.6) is 0 Å². The third-order valence-electron chi connectivity index (χ3n) is 4.12. The van der Waals surface area contributed by atoms with Crippen molar-refractivity contribution in [2.24, 2.45) is 5.92 Å². The largest absolute Gasteiger partial charge is 0.371 e. The van der Waals surface area contributed by atoms with Crippen molar-refractivity contribution >= 4 is 0 Å². The van der Waals surface area contributed by atoms with E-state index < -0.39 is 0 Å². The van der Waals surface area contributed by atoms with E-state index in [9.17, 15) is 4.39 Å². The fourth-order valence-corrected chi connectivity index (χ4v) is 2.71. The van der Waals surface area contributed by atoms with Crippen molar-refractivity contribution in [1.82, 2.24) is 4.90 Å². The average molecular weight is 291 g/mol. The summed E-state index contributed by atoms with van der Waals surface area (Å²) in [6, 6.07) is 0. The highest BCUT2D eigenvalue weighted by molar-refractivity contribution is 5.25. The summed E-state index contributed by atoms with van der Waals surface area (Å²) in [5.74, 6) is 0.414. The van der Waals surface area contributed by atoms with Gasteiger partial charge in [-0.2, -0.15) is 0 Å². The lowest BCUT2D eigenvalue weighted by Gasteiger charge is -2.34. The summed E-state index contributed by atoms with van der Waals surface area (Å²) in [5, 5.41) is 0. The highest BCUT2D eigenvalue weighted by atomic mass is 19.1. The van der Waals surface area contributed by atoms with Gasteiger partial charge in [0.15, 0.2) is 0 Å². The highest BCUT2D eigenvalue weighted by Crippen LogP contribution is 2.27. The summed E-state index contributed by atoms with van der Waals surface area (Å²) < 4.78 is 13.5. The minimum absolute atomic E-state index is 0.179. The number of rotatable bonds is 6. The Hall–Kier alpha value is -1.31. The number of nitrogens with zero attached hydrogens (tertiary/aromatic N) is 1. The van der Waals surface area contributed by atoms with E-state index >= 15 is 0 Å². The van der Waals surface area contributed by atoms with Crippen molar-refractivity contribution < 1.29 is 4.39 Å². The van der Waals surface area contributed by atoms with Crippen molar-refractivity contribution in [1.29, 1.82) is 0 Å². The van der Waals surface area contributed by atoms with E-state index in [1.165, 1.54) is 6.08 Å². The normalized spacial score (nSPS) is 18.3. The van der Waals surface area contributed by atoms with E-state index in [2.05, 4.69) is 32.6 Å². The first kappa shape index (κ1) is 17.7. The molecule has 1 aliphatic rings. The van der Waals surface area contributed by atoms with Gasteiger partial charge in [-0.1, -0.05) is 39.3 Å². The van der Waals surface area contributed by atoms with Crippen LogP contribution in [-0.4, -0.2) is 18.0 Å². The maximum Gasteiger partial charge on any atom is 0.122 e. The second-order valence-electron chi connectivity index (χ2n) is 5.98. The van der Waals surface area contributed by atoms with E-state index in [0.717, 1.165) is 38.0 Å². The van der Waals surface area contributed by atoms with Gasteiger partial charge in [0.2, 0.25) is 0 Å². The Balaban J connectivity index is 2.79. The third kappa shape index (κ3) is 5.53. The Labute approximate surface area is 129 Å². The predicted molar refractivity (Wildman–Crippen MR) is 90.7 cm³/mol. The van der Waals surface area contributed by atoms with Crippen LogP contribution in [0.15, 0.2) is 47.0 Å². The van der Waals surface area contributed by atoms with Gasteiger partial charge in [-0.05, 0) is 55.9 Å². The lowest BCUT2D eigenvalue weighted by atomic mass is 9.90. The molecule has 1 nitrogen and oxygen atoms in total. The van der Waals surface area contributed by atoms with E-state index in [1.54, 1.807) is 17.2 Å². The van der Waals surface area contributed by atoms with E-state index in [4.69, 9.17) is 0 Å². The molecule has 0 N–H and O–H groups in total. The topological polar surface area (TPSA) is 3.24 Å².